The Balaban J connectivity index is 1.56. The molecule has 1 saturated heterocycles. The molecule has 1 fully saturated rings. The first kappa shape index (κ1) is 20.4. The zero-order chi connectivity index (χ0) is 21.6. The molecule has 4 rings (SSSR count). The zero-order valence-electron chi connectivity index (χ0n) is 15.1. The minimum Gasteiger partial charge on any atom is -0.387 e. The number of imidazole rings is 1. The second-order valence-electron chi connectivity index (χ2n) is 6.52. The van der Waals surface area contributed by atoms with Crippen molar-refractivity contribution in [3.8, 4) is 0 Å². The van der Waals surface area contributed by atoms with Crippen molar-refractivity contribution >= 4 is 30.0 Å². The molecule has 7 N–H and O–H groups in total. The summed E-state index contributed by atoms with van der Waals surface area (Å²) in [4.78, 5) is 46.1. The second-order valence-corrected chi connectivity index (χ2v) is 8.30. The number of nitrogens with zero attached hydrogens (tertiary/aromatic N) is 3. The van der Waals surface area contributed by atoms with Crippen molar-refractivity contribution in [1.82, 2.24) is 24.5 Å². The van der Waals surface area contributed by atoms with E-state index < -0.39 is 55.2 Å². The summed E-state index contributed by atoms with van der Waals surface area (Å²) in [7, 11) is -4.52. The molecule has 0 bridgehead atoms. The quantitative estimate of drug-likeness (QED) is 0.228. The van der Waals surface area contributed by atoms with Gasteiger partial charge in [0.1, 0.15) is 23.6 Å². The largest absolute Gasteiger partial charge is 0.387 e. The lowest BCUT2D eigenvalue weighted by Crippen LogP contribution is -2.34. The zero-order valence-corrected chi connectivity index (χ0v) is 16.0. The predicted molar refractivity (Wildman–Crippen MR) is 101 cm³/mol. The number of rotatable bonds is 5. The van der Waals surface area contributed by atoms with Crippen LogP contribution in [0.5, 0.6) is 0 Å². The summed E-state index contributed by atoms with van der Waals surface area (Å²) in [5.74, 6) is -0.184. The molecule has 160 valence electrons. The van der Waals surface area contributed by atoms with Crippen molar-refractivity contribution in [2.75, 3.05) is 12.3 Å². The van der Waals surface area contributed by atoms with E-state index in [9.17, 15) is 29.3 Å². The van der Waals surface area contributed by atoms with Crippen LogP contribution in [0.1, 0.15) is 6.23 Å². The Morgan fingerprint density at radius 2 is 2.07 bits per heavy atom. The van der Waals surface area contributed by atoms with Crippen molar-refractivity contribution in [2.45, 2.75) is 24.5 Å². The van der Waals surface area contributed by atoms with Gasteiger partial charge in [-0.2, -0.15) is 4.98 Å². The molecule has 5 atom stereocenters. The molecule has 0 radical (unpaired) electrons. The summed E-state index contributed by atoms with van der Waals surface area (Å²) in [6, 6.07) is 2.49. The second kappa shape index (κ2) is 7.43. The maximum Gasteiger partial charge on any atom is 0.364 e. The van der Waals surface area contributed by atoms with E-state index in [1.165, 1.54) is 23.2 Å². The van der Waals surface area contributed by atoms with Crippen molar-refractivity contribution < 1.29 is 28.9 Å². The maximum atomic E-state index is 12.4. The number of aliphatic hydroxyl groups is 2. The van der Waals surface area contributed by atoms with Crippen LogP contribution in [0.2, 0.25) is 0 Å². The predicted octanol–water partition coefficient (Wildman–Crippen LogP) is -2.46. The number of anilines is 1. The van der Waals surface area contributed by atoms with Gasteiger partial charge in [0.25, 0.3) is 11.1 Å². The number of pyridine rings is 1. The van der Waals surface area contributed by atoms with Crippen LogP contribution in [-0.2, 0) is 13.8 Å². The standard InChI is InChI=1S/C15H17N6O8P/c16-15-19-11-8(13(25)20-15)18-5-21(11)14-10(23)9(22)6(29-14)4-28-30(26,27)7-2-1-3-17-12(7)24/h1-3,5-6,9-10,14,22-23H,4H2,(H,17,24)(H,26,27)(H3,16,19,20,25)/t6-,9-,10-,14-/m1/s1. The van der Waals surface area contributed by atoms with E-state index in [2.05, 4.69) is 19.9 Å². The monoisotopic (exact) mass is 440 g/mol. The third-order valence-corrected chi connectivity index (χ3v) is 6.04. The molecule has 1 aliphatic rings. The average Bonchev–Trinajstić information content (AvgIpc) is 3.22. The summed E-state index contributed by atoms with van der Waals surface area (Å²) in [6.07, 6.45) is -3.01. The fourth-order valence-corrected chi connectivity index (χ4v) is 4.19. The Morgan fingerprint density at radius 1 is 1.30 bits per heavy atom. The van der Waals surface area contributed by atoms with Crippen LogP contribution in [0.25, 0.3) is 11.2 Å². The third kappa shape index (κ3) is 3.45. The van der Waals surface area contributed by atoms with Gasteiger partial charge in [-0.05, 0) is 12.1 Å². The molecule has 0 saturated carbocycles. The fraction of sp³-hybridized carbons (Fsp3) is 0.333. The lowest BCUT2D eigenvalue weighted by atomic mass is 10.1. The van der Waals surface area contributed by atoms with Crippen LogP contribution in [0.4, 0.5) is 5.95 Å². The molecule has 3 aromatic rings. The van der Waals surface area contributed by atoms with Crippen LogP contribution in [-0.4, -0.2) is 64.5 Å². The number of fused-ring (bicyclic) bond motifs is 1. The Bertz CT molecular complexity index is 1250. The van der Waals surface area contributed by atoms with Crippen molar-refractivity contribution in [1.29, 1.82) is 0 Å². The first-order valence-electron chi connectivity index (χ1n) is 8.58. The molecule has 14 nitrogen and oxygen atoms in total. The molecule has 1 aliphatic heterocycles. The molecule has 30 heavy (non-hydrogen) atoms. The lowest BCUT2D eigenvalue weighted by Gasteiger charge is -2.17. The highest BCUT2D eigenvalue weighted by molar-refractivity contribution is 7.61. The number of hydrogen-bond acceptors (Lipinski definition) is 10. The highest BCUT2D eigenvalue weighted by Crippen LogP contribution is 2.41. The molecule has 0 spiro atoms. The Hall–Kier alpha value is -2.87. The number of ether oxygens (including phenoxy) is 1. The van der Waals surface area contributed by atoms with Crippen molar-refractivity contribution in [2.24, 2.45) is 0 Å². The number of H-pyrrole nitrogens is 2. The summed E-state index contributed by atoms with van der Waals surface area (Å²) >= 11 is 0. The average molecular weight is 440 g/mol. The van der Waals surface area contributed by atoms with E-state index in [0.717, 1.165) is 6.07 Å². The molecule has 15 heteroatoms. The van der Waals surface area contributed by atoms with E-state index in [0.29, 0.717) is 0 Å². The van der Waals surface area contributed by atoms with Gasteiger partial charge in [-0.25, -0.2) is 4.98 Å². The Morgan fingerprint density at radius 3 is 2.80 bits per heavy atom. The molecular weight excluding hydrogens is 423 g/mol. The van der Waals surface area contributed by atoms with Crippen LogP contribution < -0.4 is 22.2 Å². The van der Waals surface area contributed by atoms with Gasteiger partial charge in [0.05, 0.1) is 12.9 Å². The summed E-state index contributed by atoms with van der Waals surface area (Å²) in [5, 5.41) is 20.2. The number of aromatic amines is 2. The summed E-state index contributed by atoms with van der Waals surface area (Å²) in [6.45, 7) is -0.611. The number of aromatic nitrogens is 5. The normalized spacial score (nSPS) is 26.1. The van der Waals surface area contributed by atoms with Crippen LogP contribution in [0.3, 0.4) is 0 Å². The van der Waals surface area contributed by atoms with E-state index in [1.54, 1.807) is 0 Å². The molecule has 0 aliphatic carbocycles. The molecular formula is C15H17N6O8P. The number of aliphatic hydroxyl groups excluding tert-OH is 2. The summed E-state index contributed by atoms with van der Waals surface area (Å²) < 4.78 is 24.1. The number of nitrogen functional groups attached to an aromatic ring is 1. The maximum absolute atomic E-state index is 12.4. The molecule has 4 heterocycles. The van der Waals surface area contributed by atoms with Crippen LogP contribution in [0, 0.1) is 0 Å². The van der Waals surface area contributed by atoms with Gasteiger partial charge in [-0.15, -0.1) is 0 Å². The minimum absolute atomic E-state index is 0.0118. The van der Waals surface area contributed by atoms with E-state index >= 15 is 0 Å². The van der Waals surface area contributed by atoms with Gasteiger partial charge < -0.3 is 35.1 Å². The Labute approximate surface area is 166 Å². The topological polar surface area (TPSA) is 219 Å². The Kier molecular flexibility index (Phi) is 5.05. The van der Waals surface area contributed by atoms with E-state index in [-0.39, 0.29) is 17.1 Å². The van der Waals surface area contributed by atoms with Gasteiger partial charge in [0.2, 0.25) is 5.95 Å². The van der Waals surface area contributed by atoms with Gasteiger partial charge in [0, 0.05) is 6.20 Å². The van der Waals surface area contributed by atoms with Gasteiger partial charge >= 0.3 is 7.60 Å². The van der Waals surface area contributed by atoms with Crippen LogP contribution >= 0.6 is 7.60 Å². The van der Waals surface area contributed by atoms with Crippen molar-refractivity contribution in [3.63, 3.8) is 0 Å². The van der Waals surface area contributed by atoms with Gasteiger partial charge in [-0.3, -0.25) is 23.7 Å². The fourth-order valence-electron chi connectivity index (χ4n) is 3.11. The highest BCUT2D eigenvalue weighted by atomic mass is 31.2. The number of nitrogens with one attached hydrogen (secondary N) is 2. The van der Waals surface area contributed by atoms with Gasteiger partial charge in [0.15, 0.2) is 17.4 Å². The van der Waals surface area contributed by atoms with Crippen molar-refractivity contribution in [3.05, 3.63) is 45.4 Å². The molecule has 3 aromatic heterocycles. The number of hydrogen-bond donors (Lipinski definition) is 6. The van der Waals surface area contributed by atoms with E-state index in [1.807, 2.05) is 0 Å². The highest BCUT2D eigenvalue weighted by Gasteiger charge is 2.45. The summed E-state index contributed by atoms with van der Waals surface area (Å²) in [5.41, 5.74) is 4.09. The smallest absolute Gasteiger partial charge is 0.364 e. The molecule has 0 aromatic carbocycles. The lowest BCUT2D eigenvalue weighted by molar-refractivity contribution is -0.0481. The van der Waals surface area contributed by atoms with Crippen LogP contribution in [0.15, 0.2) is 34.2 Å². The minimum atomic E-state index is -4.52. The van der Waals surface area contributed by atoms with Gasteiger partial charge in [-0.1, -0.05) is 0 Å². The SMILES string of the molecule is Nc1nc2c(ncn2[C@@H]2O[C@H](COP(=O)(O)c3ccc[nH]c3=O)[C@@H](O)[C@H]2O)c(=O)[nH]1. The van der Waals surface area contributed by atoms with E-state index in [4.69, 9.17) is 15.0 Å². The number of nitrogens with two attached hydrogens (primary N) is 1. The molecule has 1 unspecified atom stereocenters. The third-order valence-electron chi connectivity index (χ3n) is 4.58. The first-order valence-corrected chi connectivity index (χ1v) is 10.2. The molecule has 0 amide bonds. The first-order chi connectivity index (χ1) is 14.2.